The summed E-state index contributed by atoms with van der Waals surface area (Å²) >= 11 is 0. The number of carbonyl (C=O) groups is 7. The normalized spacial score (nSPS) is 12.6. The number of ketones is 5. The van der Waals surface area contributed by atoms with Gasteiger partial charge in [0.2, 0.25) is 17.3 Å². The van der Waals surface area contributed by atoms with Crippen molar-refractivity contribution in [1.82, 2.24) is 47.7 Å². The van der Waals surface area contributed by atoms with Gasteiger partial charge in [0.05, 0.1) is 52.5 Å². The first-order chi connectivity index (χ1) is 40.9. The number of hydrogen-bond acceptors (Lipinski definition) is 13. The quantitative estimate of drug-likeness (QED) is 0.0180. The van der Waals surface area contributed by atoms with Gasteiger partial charge in [-0.15, -0.1) is 0 Å². The lowest BCUT2D eigenvalue weighted by Gasteiger charge is -2.34. The first kappa shape index (κ1) is 68.7. The van der Waals surface area contributed by atoms with Gasteiger partial charge in [0, 0.05) is 103 Å². The number of nitrogens with two attached hydrogens (primary N) is 2. The van der Waals surface area contributed by atoms with E-state index in [4.69, 9.17) is 16.5 Å². The molecule has 21 heteroatoms. The van der Waals surface area contributed by atoms with Gasteiger partial charge in [-0.05, 0) is 102 Å². The molecule has 6 aromatic rings. The van der Waals surface area contributed by atoms with Crippen LogP contribution in [0.5, 0.6) is 0 Å². The van der Waals surface area contributed by atoms with Crippen LogP contribution in [0.3, 0.4) is 0 Å². The van der Waals surface area contributed by atoms with Crippen LogP contribution >= 0.6 is 0 Å². The Labute approximate surface area is 514 Å². The second-order valence-corrected chi connectivity index (χ2v) is 26.7. The van der Waals surface area contributed by atoms with Crippen molar-refractivity contribution >= 4 is 52.1 Å². The molecule has 0 spiro atoms. The van der Waals surface area contributed by atoms with Crippen molar-refractivity contribution in [2.75, 3.05) is 30.3 Å². The van der Waals surface area contributed by atoms with E-state index < -0.39 is 22.3 Å². The molecule has 0 aliphatic carbocycles. The van der Waals surface area contributed by atoms with Crippen molar-refractivity contribution in [1.29, 1.82) is 0 Å². The number of hydrogen-bond donors (Lipinski definition) is 5. The number of nitrogens with zero attached hydrogens (tertiary/aromatic N) is 9. The zero-order valence-electron chi connectivity index (χ0n) is 54.3. The molecule has 474 valence electrons. The van der Waals surface area contributed by atoms with E-state index in [-0.39, 0.29) is 77.1 Å². The van der Waals surface area contributed by atoms with Crippen LogP contribution in [0, 0.1) is 22.2 Å². The number of aryl methyl sites for hydroxylation is 6. The first-order valence-corrected chi connectivity index (χ1v) is 30.9. The second-order valence-electron chi connectivity index (χ2n) is 26.7. The molecule has 0 aliphatic heterocycles. The number of amides is 2. The van der Waals surface area contributed by atoms with Gasteiger partial charge in [0.25, 0.3) is 11.8 Å². The third kappa shape index (κ3) is 18.4. The Morgan fingerprint density at radius 2 is 0.989 bits per heavy atom. The monoisotopic (exact) mass is 1200 g/mol. The fourth-order valence-corrected chi connectivity index (χ4v) is 11.8. The van der Waals surface area contributed by atoms with Crippen LogP contribution in [0.1, 0.15) is 219 Å². The molecular formula is C66H98N14O7. The van der Waals surface area contributed by atoms with Crippen LogP contribution in [0.2, 0.25) is 0 Å². The number of carbonyl (C=O) groups excluding carboxylic acids is 7. The second kappa shape index (κ2) is 29.6. The van der Waals surface area contributed by atoms with Gasteiger partial charge in [-0.3, -0.25) is 33.6 Å². The van der Waals surface area contributed by atoms with E-state index in [1.165, 1.54) is 0 Å². The summed E-state index contributed by atoms with van der Waals surface area (Å²) < 4.78 is 9.97. The van der Waals surface area contributed by atoms with E-state index in [9.17, 15) is 28.8 Å². The van der Waals surface area contributed by atoms with Crippen LogP contribution in [-0.2, 0) is 66.3 Å². The summed E-state index contributed by atoms with van der Waals surface area (Å²) in [6.07, 6.45) is 22.4. The van der Waals surface area contributed by atoms with Crippen molar-refractivity contribution in [2.24, 2.45) is 75.9 Å². The Morgan fingerprint density at radius 3 is 1.54 bits per heavy atom. The van der Waals surface area contributed by atoms with Gasteiger partial charge >= 0.3 is 0 Å². The van der Waals surface area contributed by atoms with Crippen molar-refractivity contribution in [3.8, 4) is 0 Å². The number of nitrogens with one attached hydrogen (secondary N) is 3. The summed E-state index contributed by atoms with van der Waals surface area (Å²) in [7, 11) is 10.5. The Bertz CT molecular complexity index is 3390. The molecule has 0 saturated carbocycles. The van der Waals surface area contributed by atoms with Gasteiger partial charge in [-0.1, -0.05) is 86.5 Å². The third-order valence-corrected chi connectivity index (χ3v) is 16.8. The maximum Gasteiger partial charge on any atom is 0.272 e. The molecule has 0 aromatic carbocycles. The standard InChI is InChI=1S/C66H98N14O7/c1-63(2,27-20-17-19-23-30-68)37-44(26-31-69-66(7,8)56(84)51-33-45(39-76(51)10)74-62(87)52-34-46(40-77(52)11)73-61(86)50-25-24-32-75(50)9)55(83)65(5,6)38-49-43-79(13)59(72-49)54(82)35-47-41-78(12)58(70-47)53(81)36-48-42-80(14)60(71-48)57(85)64(3,4)28-21-16-15-18-22-29-67/h24-25,32-34,39-44,69H,15-23,26-31,35-38,67-68H2,1-14H3,(H,73,86)(H,74,87). The average Bonchev–Trinajstić information content (AvgIpc) is 2.24. The molecule has 1 atom stereocenters. The Balaban J connectivity index is 1.08. The molecule has 1 unspecified atom stereocenters. The predicted molar refractivity (Wildman–Crippen MR) is 340 cm³/mol. The van der Waals surface area contributed by atoms with Crippen LogP contribution in [0.15, 0.2) is 61.4 Å². The van der Waals surface area contributed by atoms with Crippen molar-refractivity contribution in [3.63, 3.8) is 0 Å². The van der Waals surface area contributed by atoms with Crippen molar-refractivity contribution in [2.45, 2.75) is 164 Å². The molecule has 0 bridgehead atoms. The molecule has 0 saturated heterocycles. The summed E-state index contributed by atoms with van der Waals surface area (Å²) in [5, 5.41) is 9.22. The zero-order valence-corrected chi connectivity index (χ0v) is 54.3. The molecule has 6 rings (SSSR count). The molecular weight excluding hydrogens is 1100 g/mol. The van der Waals surface area contributed by atoms with Gasteiger partial charge in [0.1, 0.15) is 17.2 Å². The number of Topliss-reactive ketones (excluding diaryl/α,β-unsaturated/α-hetero) is 5. The Hall–Kier alpha value is -7.36. The smallest absolute Gasteiger partial charge is 0.272 e. The van der Waals surface area contributed by atoms with E-state index in [0.29, 0.717) is 83.8 Å². The minimum absolute atomic E-state index is 0.0678. The Kier molecular flexibility index (Phi) is 23.4. The van der Waals surface area contributed by atoms with Gasteiger partial charge in [-0.2, -0.15) is 0 Å². The molecule has 0 fully saturated rings. The largest absolute Gasteiger partial charge is 0.347 e. The first-order valence-electron chi connectivity index (χ1n) is 30.9. The molecule has 21 nitrogen and oxygen atoms in total. The van der Waals surface area contributed by atoms with E-state index in [0.717, 1.165) is 70.6 Å². The van der Waals surface area contributed by atoms with Crippen LogP contribution < -0.4 is 27.4 Å². The van der Waals surface area contributed by atoms with Crippen LogP contribution in [0.25, 0.3) is 0 Å². The highest BCUT2D eigenvalue weighted by Crippen LogP contribution is 2.38. The van der Waals surface area contributed by atoms with E-state index in [2.05, 4.69) is 39.8 Å². The van der Waals surface area contributed by atoms with Crippen molar-refractivity contribution < 1.29 is 33.6 Å². The minimum atomic E-state index is -1.06. The highest BCUT2D eigenvalue weighted by molar-refractivity contribution is 6.08. The summed E-state index contributed by atoms with van der Waals surface area (Å²) in [4.78, 5) is 111. The molecule has 6 heterocycles. The van der Waals surface area contributed by atoms with Crippen LogP contribution in [0.4, 0.5) is 11.4 Å². The minimum Gasteiger partial charge on any atom is -0.347 e. The predicted octanol–water partition coefficient (Wildman–Crippen LogP) is 9.49. The molecule has 2 amide bonds. The maximum absolute atomic E-state index is 15.0. The fourth-order valence-electron chi connectivity index (χ4n) is 11.8. The SMILES string of the molecule is Cn1cccc1C(=O)Nc1cc(C(=O)Nc2cc(C(=O)C(C)(C)NCCC(CC(C)(C)CCCCCCN)C(=O)C(C)(C)Cc3cn(C)c(C(=O)Cc4cn(C)c(C(=O)Cc5cn(C)c(C(=O)C(C)(C)CCCCCCCN)n5)n4)n3)n(C)c2)n(C)c1. The molecule has 0 radical (unpaired) electrons. The summed E-state index contributed by atoms with van der Waals surface area (Å²) in [5.41, 5.74) is 12.2. The van der Waals surface area contributed by atoms with Gasteiger partial charge < -0.3 is 54.8 Å². The number of imidazole rings is 3. The average molecular weight is 1200 g/mol. The maximum atomic E-state index is 15.0. The number of anilines is 2. The lowest BCUT2D eigenvalue weighted by atomic mass is 9.70. The lowest BCUT2D eigenvalue weighted by molar-refractivity contribution is -0.132. The summed E-state index contributed by atoms with van der Waals surface area (Å²) in [6.45, 7) is 17.5. The molecule has 7 N–H and O–H groups in total. The molecule has 87 heavy (non-hydrogen) atoms. The number of aromatic nitrogens is 9. The van der Waals surface area contributed by atoms with E-state index in [1.54, 1.807) is 131 Å². The molecule has 6 aromatic heterocycles. The van der Waals surface area contributed by atoms with E-state index >= 15 is 4.79 Å². The van der Waals surface area contributed by atoms with Crippen molar-refractivity contribution in [3.05, 3.63) is 113 Å². The van der Waals surface area contributed by atoms with E-state index in [1.807, 2.05) is 41.5 Å². The summed E-state index contributed by atoms with van der Waals surface area (Å²) in [5.74, 6) is -1.21. The highest BCUT2D eigenvalue weighted by atomic mass is 16.2. The highest BCUT2D eigenvalue weighted by Gasteiger charge is 2.39. The number of unbranched alkanes of at least 4 members (excludes halogenated alkanes) is 7. The third-order valence-electron chi connectivity index (χ3n) is 16.8. The zero-order chi connectivity index (χ0) is 64.2. The molecule has 0 aliphatic rings. The number of rotatable bonds is 37. The van der Waals surface area contributed by atoms with Crippen LogP contribution in [-0.4, -0.2) is 108 Å². The fraction of sp³-hybridized carbons (Fsp3) is 0.576. The Morgan fingerprint density at radius 1 is 0.517 bits per heavy atom. The topological polar surface area (TPSA) is 276 Å². The lowest BCUT2D eigenvalue weighted by Crippen LogP contribution is -2.48. The van der Waals surface area contributed by atoms with Gasteiger partial charge in [0.15, 0.2) is 23.3 Å². The van der Waals surface area contributed by atoms with Gasteiger partial charge in [-0.25, -0.2) is 15.0 Å². The summed E-state index contributed by atoms with van der Waals surface area (Å²) in [6, 6.07) is 6.72.